The number of pyridine rings is 1. The summed E-state index contributed by atoms with van der Waals surface area (Å²) >= 11 is 0. The van der Waals surface area contributed by atoms with Crippen LogP contribution in [0.1, 0.15) is 12.8 Å². The van der Waals surface area contributed by atoms with Gasteiger partial charge in [-0.05, 0) is 31.2 Å². The molecule has 96 valence electrons. The van der Waals surface area contributed by atoms with E-state index in [0.717, 1.165) is 16.5 Å². The first-order chi connectivity index (χ1) is 9.22. The van der Waals surface area contributed by atoms with Gasteiger partial charge in [0.05, 0.1) is 18.0 Å². The van der Waals surface area contributed by atoms with Gasteiger partial charge in [-0.3, -0.25) is 4.98 Å². The molecule has 0 bridgehead atoms. The van der Waals surface area contributed by atoms with Crippen LogP contribution in [-0.4, -0.2) is 26.3 Å². The smallest absolute Gasteiger partial charge is 0.229 e. The maximum Gasteiger partial charge on any atom is 0.229 e. The van der Waals surface area contributed by atoms with Gasteiger partial charge in [-0.1, -0.05) is 11.2 Å². The average Bonchev–Trinajstić information content (AvgIpc) is 2.86. The van der Waals surface area contributed by atoms with Crippen molar-refractivity contribution in [1.29, 1.82) is 0 Å². The predicted octanol–water partition coefficient (Wildman–Crippen LogP) is 2.21. The Bertz CT molecular complexity index is 706. The zero-order chi connectivity index (χ0) is 13.2. The highest BCUT2D eigenvalue weighted by Gasteiger charge is 2.11. The van der Waals surface area contributed by atoms with Crippen molar-refractivity contribution in [2.75, 3.05) is 0 Å². The average molecular weight is 255 g/mol. The van der Waals surface area contributed by atoms with E-state index in [2.05, 4.69) is 15.1 Å². The normalized spacial score (nSPS) is 12.7. The van der Waals surface area contributed by atoms with Crippen molar-refractivity contribution < 1.29 is 9.63 Å². The molecule has 5 heteroatoms. The molecule has 3 aromatic rings. The molecule has 0 spiro atoms. The van der Waals surface area contributed by atoms with Gasteiger partial charge in [0.1, 0.15) is 0 Å². The molecule has 0 aliphatic rings. The van der Waals surface area contributed by atoms with Gasteiger partial charge in [0.15, 0.2) is 0 Å². The van der Waals surface area contributed by atoms with Crippen LogP contribution in [0, 0.1) is 0 Å². The molecule has 1 aromatic carbocycles. The van der Waals surface area contributed by atoms with Crippen LogP contribution in [0.4, 0.5) is 0 Å². The molecule has 0 radical (unpaired) electrons. The van der Waals surface area contributed by atoms with Gasteiger partial charge in [0.25, 0.3) is 0 Å². The predicted molar refractivity (Wildman–Crippen MR) is 70.4 cm³/mol. The second-order valence-electron chi connectivity index (χ2n) is 4.48. The Hall–Kier alpha value is -2.27. The minimum absolute atomic E-state index is 0.363. The SMILES string of the molecule is CC(O)Cc1nc(-c2ccc3ncccc3c2)no1. The fraction of sp³-hybridized carbons (Fsp3) is 0.214. The van der Waals surface area contributed by atoms with Crippen LogP contribution in [-0.2, 0) is 6.42 Å². The number of aromatic nitrogens is 3. The number of hydrogen-bond acceptors (Lipinski definition) is 5. The lowest BCUT2D eigenvalue weighted by Gasteiger charge is -1.98. The van der Waals surface area contributed by atoms with E-state index in [4.69, 9.17) is 4.52 Å². The minimum Gasteiger partial charge on any atom is -0.393 e. The maximum absolute atomic E-state index is 9.29. The number of aliphatic hydroxyl groups excluding tert-OH is 1. The third kappa shape index (κ3) is 2.46. The van der Waals surface area contributed by atoms with E-state index in [0.29, 0.717) is 18.1 Å². The molecule has 5 nitrogen and oxygen atoms in total. The number of rotatable bonds is 3. The molecule has 1 N–H and O–H groups in total. The van der Waals surface area contributed by atoms with Crippen molar-refractivity contribution in [3.8, 4) is 11.4 Å². The van der Waals surface area contributed by atoms with E-state index in [-0.39, 0.29) is 0 Å². The number of fused-ring (bicyclic) bond motifs is 1. The van der Waals surface area contributed by atoms with Gasteiger partial charge >= 0.3 is 0 Å². The van der Waals surface area contributed by atoms with Crippen LogP contribution in [0.2, 0.25) is 0 Å². The summed E-state index contributed by atoms with van der Waals surface area (Å²) in [6.45, 7) is 1.69. The number of aliphatic hydroxyl groups is 1. The fourth-order valence-electron chi connectivity index (χ4n) is 1.92. The summed E-state index contributed by atoms with van der Waals surface area (Å²) in [5.41, 5.74) is 1.81. The molecule has 0 amide bonds. The van der Waals surface area contributed by atoms with Crippen LogP contribution in [0.25, 0.3) is 22.3 Å². The number of nitrogens with zero attached hydrogens (tertiary/aromatic N) is 3. The number of benzene rings is 1. The Morgan fingerprint density at radius 2 is 2.21 bits per heavy atom. The van der Waals surface area contributed by atoms with E-state index in [1.54, 1.807) is 13.1 Å². The summed E-state index contributed by atoms with van der Waals surface area (Å²) in [5.74, 6) is 0.970. The Labute approximate surface area is 109 Å². The Morgan fingerprint density at radius 3 is 3.05 bits per heavy atom. The maximum atomic E-state index is 9.29. The van der Waals surface area contributed by atoms with Crippen LogP contribution in [0.3, 0.4) is 0 Å². The summed E-state index contributed by atoms with van der Waals surface area (Å²) in [6.07, 6.45) is 1.63. The standard InChI is InChI=1S/C14H13N3O2/c1-9(18)7-13-16-14(17-19-13)11-4-5-12-10(8-11)3-2-6-15-12/h2-6,8-9,18H,7H2,1H3. The quantitative estimate of drug-likeness (QED) is 0.776. The van der Waals surface area contributed by atoms with Crippen LogP contribution >= 0.6 is 0 Å². The molecule has 0 aliphatic heterocycles. The number of hydrogen-bond donors (Lipinski definition) is 1. The van der Waals surface area contributed by atoms with E-state index in [1.165, 1.54) is 0 Å². The monoisotopic (exact) mass is 255 g/mol. The van der Waals surface area contributed by atoms with Crippen molar-refractivity contribution in [2.45, 2.75) is 19.4 Å². The van der Waals surface area contributed by atoms with Crippen LogP contribution in [0.15, 0.2) is 41.1 Å². The molecule has 2 aromatic heterocycles. The van der Waals surface area contributed by atoms with Crippen molar-refractivity contribution >= 4 is 10.9 Å². The molecule has 1 atom stereocenters. The molecule has 3 rings (SSSR count). The molecule has 1 unspecified atom stereocenters. The molecular formula is C14H13N3O2. The molecule has 2 heterocycles. The highest BCUT2D eigenvalue weighted by molar-refractivity contribution is 5.82. The van der Waals surface area contributed by atoms with Gasteiger partial charge in [-0.25, -0.2) is 0 Å². The van der Waals surface area contributed by atoms with Gasteiger partial charge in [0, 0.05) is 17.1 Å². The Kier molecular flexibility index (Phi) is 2.97. The van der Waals surface area contributed by atoms with Crippen molar-refractivity contribution in [1.82, 2.24) is 15.1 Å². The highest BCUT2D eigenvalue weighted by atomic mass is 16.5. The Balaban J connectivity index is 1.97. The second kappa shape index (κ2) is 4.78. The molecule has 0 saturated carbocycles. The first kappa shape index (κ1) is 11.8. The van der Waals surface area contributed by atoms with E-state index in [1.807, 2.05) is 30.3 Å². The lowest BCUT2D eigenvalue weighted by Crippen LogP contribution is -2.04. The Morgan fingerprint density at radius 1 is 1.32 bits per heavy atom. The van der Waals surface area contributed by atoms with Gasteiger partial charge in [-0.15, -0.1) is 0 Å². The zero-order valence-electron chi connectivity index (χ0n) is 10.4. The largest absolute Gasteiger partial charge is 0.393 e. The molecule has 19 heavy (non-hydrogen) atoms. The molecule has 0 fully saturated rings. The van der Waals surface area contributed by atoms with Crippen LogP contribution < -0.4 is 0 Å². The van der Waals surface area contributed by atoms with Crippen LogP contribution in [0.5, 0.6) is 0 Å². The zero-order valence-corrected chi connectivity index (χ0v) is 10.4. The lowest BCUT2D eigenvalue weighted by molar-refractivity contribution is 0.181. The van der Waals surface area contributed by atoms with Gasteiger partial charge < -0.3 is 9.63 Å². The van der Waals surface area contributed by atoms with Gasteiger partial charge in [0.2, 0.25) is 11.7 Å². The highest BCUT2D eigenvalue weighted by Crippen LogP contribution is 2.21. The van der Waals surface area contributed by atoms with E-state index >= 15 is 0 Å². The van der Waals surface area contributed by atoms with Crippen molar-refractivity contribution in [2.24, 2.45) is 0 Å². The van der Waals surface area contributed by atoms with Crippen molar-refractivity contribution in [3.05, 3.63) is 42.4 Å². The summed E-state index contributed by atoms with van der Waals surface area (Å²) in [6, 6.07) is 9.69. The molecule has 0 aliphatic carbocycles. The second-order valence-corrected chi connectivity index (χ2v) is 4.48. The summed E-state index contributed by atoms with van der Waals surface area (Å²) < 4.78 is 5.11. The first-order valence-electron chi connectivity index (χ1n) is 6.08. The fourth-order valence-corrected chi connectivity index (χ4v) is 1.92. The molecular weight excluding hydrogens is 242 g/mol. The summed E-state index contributed by atoms with van der Waals surface area (Å²) in [4.78, 5) is 8.53. The van der Waals surface area contributed by atoms with E-state index < -0.39 is 6.10 Å². The third-order valence-electron chi connectivity index (χ3n) is 2.80. The lowest BCUT2D eigenvalue weighted by atomic mass is 10.1. The topological polar surface area (TPSA) is 72.0 Å². The van der Waals surface area contributed by atoms with Gasteiger partial charge in [-0.2, -0.15) is 4.98 Å². The minimum atomic E-state index is -0.492. The molecule has 0 saturated heterocycles. The summed E-state index contributed by atoms with van der Waals surface area (Å²) in [7, 11) is 0. The van der Waals surface area contributed by atoms with E-state index in [9.17, 15) is 5.11 Å². The summed E-state index contributed by atoms with van der Waals surface area (Å²) in [5, 5.41) is 14.2. The van der Waals surface area contributed by atoms with Crippen molar-refractivity contribution in [3.63, 3.8) is 0 Å². The first-order valence-corrected chi connectivity index (χ1v) is 6.08. The third-order valence-corrected chi connectivity index (χ3v) is 2.80.